The van der Waals surface area contributed by atoms with E-state index in [1.807, 2.05) is 37.3 Å². The van der Waals surface area contributed by atoms with Gasteiger partial charge in [0.25, 0.3) is 0 Å². The lowest BCUT2D eigenvalue weighted by Crippen LogP contribution is -2.24. The highest BCUT2D eigenvalue weighted by atomic mass is 32.2. The number of carbonyl (C=O) groups is 1. The zero-order valence-corrected chi connectivity index (χ0v) is 16.9. The first kappa shape index (κ1) is 19.9. The van der Waals surface area contributed by atoms with Gasteiger partial charge in [0.15, 0.2) is 0 Å². The fourth-order valence-electron chi connectivity index (χ4n) is 3.20. The zero-order valence-electron chi connectivity index (χ0n) is 16.0. The third-order valence-corrected chi connectivity index (χ3v) is 4.93. The molecule has 1 heterocycles. The second-order valence-electron chi connectivity index (χ2n) is 6.55. The van der Waals surface area contributed by atoms with Crippen molar-refractivity contribution < 1.29 is 17.9 Å². The Balaban J connectivity index is 1.93. The molecule has 148 valence electrons. The summed E-state index contributed by atoms with van der Waals surface area (Å²) in [5.74, 6) is 0.588. The van der Waals surface area contributed by atoms with E-state index in [1.54, 1.807) is 18.2 Å². The van der Waals surface area contributed by atoms with Gasteiger partial charge in [-0.25, -0.2) is 13.4 Å². The lowest BCUT2D eigenvalue weighted by molar-refractivity contribution is -0.130. The first-order valence-corrected chi connectivity index (χ1v) is 10.8. The molecule has 1 N–H and O–H groups in total. The average molecular weight is 401 g/mol. The molecule has 1 aliphatic heterocycles. The summed E-state index contributed by atoms with van der Waals surface area (Å²) in [6.07, 6.45) is 1.58. The van der Waals surface area contributed by atoms with Gasteiger partial charge in [-0.05, 0) is 30.7 Å². The molecule has 0 spiro atoms. The number of anilines is 1. The van der Waals surface area contributed by atoms with Crippen LogP contribution in [0.5, 0.6) is 5.75 Å². The van der Waals surface area contributed by atoms with Crippen molar-refractivity contribution in [1.29, 1.82) is 0 Å². The van der Waals surface area contributed by atoms with Gasteiger partial charge < -0.3 is 4.74 Å². The van der Waals surface area contributed by atoms with Gasteiger partial charge in [-0.1, -0.05) is 30.3 Å². The highest BCUT2D eigenvalue weighted by Crippen LogP contribution is 2.35. The quantitative estimate of drug-likeness (QED) is 0.805. The molecular weight excluding hydrogens is 378 g/mol. The molecule has 0 radical (unpaired) electrons. The molecule has 2 aromatic rings. The Morgan fingerprint density at radius 3 is 2.50 bits per heavy atom. The van der Waals surface area contributed by atoms with Gasteiger partial charge >= 0.3 is 0 Å². The summed E-state index contributed by atoms with van der Waals surface area (Å²) in [7, 11) is -3.43. The number of nitrogens with zero attached hydrogens (tertiary/aromatic N) is 2. The van der Waals surface area contributed by atoms with Crippen LogP contribution in [-0.4, -0.2) is 37.9 Å². The molecule has 0 saturated carbocycles. The number of hydrazone groups is 1. The van der Waals surface area contributed by atoms with Crippen LogP contribution in [0.4, 0.5) is 5.69 Å². The van der Waals surface area contributed by atoms with Crippen molar-refractivity contribution in [2.24, 2.45) is 5.10 Å². The van der Waals surface area contributed by atoms with Crippen molar-refractivity contribution in [3.05, 3.63) is 59.7 Å². The van der Waals surface area contributed by atoms with Gasteiger partial charge in [0, 0.05) is 18.9 Å². The maximum absolute atomic E-state index is 12.2. The molecule has 2 aromatic carbocycles. The number of hydrogen-bond acceptors (Lipinski definition) is 5. The summed E-state index contributed by atoms with van der Waals surface area (Å²) in [4.78, 5) is 12.2. The monoisotopic (exact) mass is 401 g/mol. The number of carbonyl (C=O) groups excluding carboxylic acids is 1. The highest BCUT2D eigenvalue weighted by Gasteiger charge is 2.32. The van der Waals surface area contributed by atoms with Crippen LogP contribution < -0.4 is 9.46 Å². The molecule has 0 bridgehead atoms. The minimum Gasteiger partial charge on any atom is -0.494 e. The summed E-state index contributed by atoms with van der Waals surface area (Å²) in [5, 5.41) is 5.95. The van der Waals surface area contributed by atoms with Crippen LogP contribution in [0.15, 0.2) is 53.6 Å². The summed E-state index contributed by atoms with van der Waals surface area (Å²) >= 11 is 0. The predicted octanol–water partition coefficient (Wildman–Crippen LogP) is 3.15. The topological polar surface area (TPSA) is 88.1 Å². The molecule has 0 saturated heterocycles. The Labute approximate surface area is 165 Å². The maximum atomic E-state index is 12.2. The van der Waals surface area contributed by atoms with E-state index in [4.69, 9.17) is 4.74 Å². The number of nitrogens with one attached hydrogen (secondary N) is 1. The molecule has 8 heteroatoms. The van der Waals surface area contributed by atoms with E-state index in [1.165, 1.54) is 11.9 Å². The Morgan fingerprint density at radius 1 is 1.21 bits per heavy atom. The Morgan fingerprint density at radius 2 is 1.89 bits per heavy atom. The largest absolute Gasteiger partial charge is 0.494 e. The minimum atomic E-state index is -3.43. The molecule has 1 unspecified atom stereocenters. The molecule has 7 nitrogen and oxygen atoms in total. The summed E-state index contributed by atoms with van der Waals surface area (Å²) in [6.45, 7) is 3.97. The number of benzene rings is 2. The summed E-state index contributed by atoms with van der Waals surface area (Å²) < 4.78 is 31.4. The molecule has 3 rings (SSSR count). The molecule has 0 aromatic heterocycles. The van der Waals surface area contributed by atoms with Crippen LogP contribution in [0, 0.1) is 0 Å². The van der Waals surface area contributed by atoms with Gasteiger partial charge in [-0.3, -0.25) is 9.52 Å². The Hall–Kier alpha value is -2.87. The van der Waals surface area contributed by atoms with Crippen LogP contribution in [0.2, 0.25) is 0 Å². The number of ether oxygens (including phenoxy) is 1. The van der Waals surface area contributed by atoms with Crippen LogP contribution in [0.25, 0.3) is 0 Å². The van der Waals surface area contributed by atoms with Gasteiger partial charge in [-0.2, -0.15) is 5.10 Å². The Bertz CT molecular complexity index is 1000. The number of sulfonamides is 1. The third kappa shape index (κ3) is 4.51. The lowest BCUT2D eigenvalue weighted by atomic mass is 9.97. The fraction of sp³-hybridized carbons (Fsp3) is 0.300. The number of para-hydroxylation sites is 1. The van der Waals surface area contributed by atoms with Gasteiger partial charge in [0.1, 0.15) is 5.75 Å². The normalized spacial score (nSPS) is 16.6. The minimum absolute atomic E-state index is 0.178. The van der Waals surface area contributed by atoms with Crippen molar-refractivity contribution >= 4 is 27.3 Å². The number of amides is 1. The molecule has 1 aliphatic rings. The molecule has 1 atom stereocenters. The van der Waals surface area contributed by atoms with Crippen molar-refractivity contribution in [3.63, 3.8) is 0 Å². The highest BCUT2D eigenvalue weighted by molar-refractivity contribution is 7.92. The number of hydrogen-bond donors (Lipinski definition) is 1. The van der Waals surface area contributed by atoms with Gasteiger partial charge in [0.2, 0.25) is 15.9 Å². The van der Waals surface area contributed by atoms with Crippen LogP contribution in [0.1, 0.15) is 37.4 Å². The molecule has 1 amide bonds. The van der Waals surface area contributed by atoms with Crippen LogP contribution >= 0.6 is 0 Å². The molecule has 0 aliphatic carbocycles. The van der Waals surface area contributed by atoms with Crippen molar-refractivity contribution in [2.45, 2.75) is 26.3 Å². The lowest BCUT2D eigenvalue weighted by Gasteiger charge is -2.20. The number of rotatable bonds is 6. The zero-order chi connectivity index (χ0) is 20.3. The van der Waals surface area contributed by atoms with Crippen LogP contribution in [-0.2, 0) is 14.8 Å². The van der Waals surface area contributed by atoms with Gasteiger partial charge in [0.05, 0.1) is 30.3 Å². The van der Waals surface area contributed by atoms with E-state index >= 15 is 0 Å². The first-order chi connectivity index (χ1) is 13.3. The molecular formula is C20H23N3O4S. The SMILES string of the molecule is CCOc1ccc(C2CC(c3ccccc3NS(C)(=O)=O)=NN2C(C)=O)cc1. The van der Waals surface area contributed by atoms with E-state index < -0.39 is 10.0 Å². The second-order valence-corrected chi connectivity index (χ2v) is 8.30. The predicted molar refractivity (Wildman–Crippen MR) is 109 cm³/mol. The standard InChI is InChI=1S/C20H23N3O4S/c1-4-27-16-11-9-15(10-12-16)20-13-19(21-23(20)14(2)24)17-7-5-6-8-18(17)22-28(3,25)26/h5-12,20,22H,4,13H2,1-3H3. The van der Waals surface area contributed by atoms with Crippen LogP contribution in [0.3, 0.4) is 0 Å². The average Bonchev–Trinajstić information content (AvgIpc) is 3.07. The van der Waals surface area contributed by atoms with E-state index in [0.717, 1.165) is 17.6 Å². The third-order valence-electron chi connectivity index (χ3n) is 4.34. The van der Waals surface area contributed by atoms with Crippen molar-refractivity contribution in [2.75, 3.05) is 17.6 Å². The van der Waals surface area contributed by atoms with E-state index in [-0.39, 0.29) is 11.9 Å². The Kier molecular flexibility index (Phi) is 5.69. The van der Waals surface area contributed by atoms with Crippen molar-refractivity contribution in [3.8, 4) is 5.75 Å². The fourth-order valence-corrected chi connectivity index (χ4v) is 3.78. The summed E-state index contributed by atoms with van der Waals surface area (Å²) in [5.41, 5.74) is 2.69. The van der Waals surface area contributed by atoms with Gasteiger partial charge in [-0.15, -0.1) is 0 Å². The maximum Gasteiger partial charge on any atom is 0.240 e. The van der Waals surface area contributed by atoms with E-state index in [0.29, 0.717) is 30.0 Å². The second kappa shape index (κ2) is 8.02. The summed E-state index contributed by atoms with van der Waals surface area (Å²) in [6, 6.07) is 14.4. The molecule has 28 heavy (non-hydrogen) atoms. The molecule has 0 fully saturated rings. The van der Waals surface area contributed by atoms with E-state index in [9.17, 15) is 13.2 Å². The van der Waals surface area contributed by atoms with Crippen molar-refractivity contribution in [1.82, 2.24) is 5.01 Å². The van der Waals surface area contributed by atoms with E-state index in [2.05, 4.69) is 9.82 Å². The first-order valence-electron chi connectivity index (χ1n) is 8.95. The smallest absolute Gasteiger partial charge is 0.240 e.